The number of nitro benzene ring substituents is 1. The Balaban J connectivity index is 0.000000470. The van der Waals surface area contributed by atoms with Gasteiger partial charge < -0.3 is 18.4 Å². The van der Waals surface area contributed by atoms with Gasteiger partial charge in [0.15, 0.2) is 11.5 Å². The molecule has 40 heavy (non-hydrogen) atoms. The average Bonchev–Trinajstić information content (AvgIpc) is 2.99. The first-order chi connectivity index (χ1) is 19.4. The van der Waals surface area contributed by atoms with Gasteiger partial charge in [-0.05, 0) is 84.5 Å². The van der Waals surface area contributed by atoms with Crippen LogP contribution in [0.4, 0.5) is 5.69 Å². The molecule has 3 aromatic rings. The van der Waals surface area contributed by atoms with Gasteiger partial charge in [-0.15, -0.1) is 0 Å². The van der Waals surface area contributed by atoms with Gasteiger partial charge in [-0.1, -0.05) is 18.7 Å². The van der Waals surface area contributed by atoms with Crippen molar-refractivity contribution >= 4 is 17.7 Å². The summed E-state index contributed by atoms with van der Waals surface area (Å²) in [7, 11) is 4.95. The molecule has 2 aliphatic rings. The summed E-state index contributed by atoms with van der Waals surface area (Å²) in [6, 6.07) is 17.2. The average molecular weight is 563 g/mol. The van der Waals surface area contributed by atoms with Crippen LogP contribution in [-0.4, -0.2) is 37.7 Å². The van der Waals surface area contributed by atoms with Crippen LogP contribution in [0, 0.1) is 10.1 Å². The number of hydrogen-bond donors (Lipinski definition) is 0. The molecule has 1 unspecified atom stereocenters. The number of hydrogen-bond acceptors (Lipinski definition) is 8. The minimum atomic E-state index is -0.410. The molecule has 0 fully saturated rings. The monoisotopic (exact) mass is 562 g/mol. The molecular formula is C31H34N2O6S. The summed E-state index contributed by atoms with van der Waals surface area (Å²) in [6.07, 6.45) is 5.42. The number of rotatable bonds is 8. The van der Waals surface area contributed by atoms with Gasteiger partial charge in [-0.3, -0.25) is 15.0 Å². The number of allylic oxidation sites excluding steroid dienone is 2. The molecule has 3 aromatic carbocycles. The van der Waals surface area contributed by atoms with Gasteiger partial charge in [-0.2, -0.15) is 0 Å². The second kappa shape index (κ2) is 13.4. The Labute approximate surface area is 239 Å². The van der Waals surface area contributed by atoms with Gasteiger partial charge in [-0.25, -0.2) is 0 Å². The summed E-state index contributed by atoms with van der Waals surface area (Å²) in [5, 5.41) is 11.1. The molecule has 0 N–H and O–H groups in total. The number of benzene rings is 3. The highest BCUT2D eigenvalue weighted by Crippen LogP contribution is 2.43. The van der Waals surface area contributed by atoms with Crippen molar-refractivity contribution in [3.63, 3.8) is 0 Å². The zero-order chi connectivity index (χ0) is 28.6. The van der Waals surface area contributed by atoms with Crippen LogP contribution in [0.25, 0.3) is 0 Å². The third-order valence-electron chi connectivity index (χ3n) is 7.07. The van der Waals surface area contributed by atoms with Crippen LogP contribution in [-0.2, 0) is 24.1 Å². The van der Waals surface area contributed by atoms with Gasteiger partial charge in [0.25, 0.3) is 5.69 Å². The van der Waals surface area contributed by atoms with E-state index < -0.39 is 4.92 Å². The molecule has 2 heterocycles. The standard InChI is InChI=1S/C25H24N2O5S.C6H10O/c1-30-20-6-7-22-16(10-20)8-9-26-15-18-13-24(31-2)25(12-17(18)11-23(22)26)32-33-21-5-3-4-19(14-21)27(28)29;1-4-6(5-2)7-3/h3-7,10,12-14,23H,8-9,11,15H2,1-2H3;4-5H,1H2,2-3H3/b;6-5+. The highest BCUT2D eigenvalue weighted by molar-refractivity contribution is 7.95. The van der Waals surface area contributed by atoms with Crippen LogP contribution in [0.15, 0.2) is 84.0 Å². The molecule has 5 rings (SSSR count). The van der Waals surface area contributed by atoms with Gasteiger partial charge >= 0.3 is 0 Å². The van der Waals surface area contributed by atoms with E-state index in [9.17, 15) is 10.1 Å². The zero-order valence-corrected chi connectivity index (χ0v) is 24.0. The number of ether oxygens (including phenoxy) is 3. The second-order valence-electron chi connectivity index (χ2n) is 9.30. The zero-order valence-electron chi connectivity index (χ0n) is 23.2. The quantitative estimate of drug-likeness (QED) is 0.0947. The Hall–Kier alpha value is -3.95. The van der Waals surface area contributed by atoms with Crippen LogP contribution in [0.2, 0.25) is 0 Å². The molecule has 0 saturated carbocycles. The first kappa shape index (κ1) is 29.0. The number of non-ortho nitro benzene ring substituents is 1. The van der Waals surface area contributed by atoms with Crippen molar-refractivity contribution in [1.82, 2.24) is 4.90 Å². The predicted molar refractivity (Wildman–Crippen MR) is 157 cm³/mol. The van der Waals surface area contributed by atoms with E-state index in [-0.39, 0.29) is 5.69 Å². The molecule has 0 aliphatic carbocycles. The smallest absolute Gasteiger partial charge is 0.270 e. The Morgan fingerprint density at radius 2 is 1.85 bits per heavy atom. The van der Waals surface area contributed by atoms with Crippen LogP contribution in [0.5, 0.6) is 17.2 Å². The predicted octanol–water partition coefficient (Wildman–Crippen LogP) is 7.08. The molecule has 0 bridgehead atoms. The maximum Gasteiger partial charge on any atom is 0.270 e. The van der Waals surface area contributed by atoms with E-state index in [1.165, 1.54) is 34.4 Å². The molecule has 8 nitrogen and oxygen atoms in total. The van der Waals surface area contributed by atoms with E-state index in [2.05, 4.69) is 29.7 Å². The van der Waals surface area contributed by atoms with E-state index in [0.717, 1.165) is 49.5 Å². The van der Waals surface area contributed by atoms with Crippen molar-refractivity contribution in [2.24, 2.45) is 0 Å². The van der Waals surface area contributed by atoms with Crippen LogP contribution in [0.3, 0.4) is 0 Å². The van der Waals surface area contributed by atoms with Gasteiger partial charge in [0.05, 0.1) is 43.2 Å². The van der Waals surface area contributed by atoms with Crippen molar-refractivity contribution in [3.8, 4) is 17.2 Å². The Kier molecular flexibility index (Phi) is 9.74. The Morgan fingerprint density at radius 1 is 1.05 bits per heavy atom. The molecule has 0 spiro atoms. The number of methoxy groups -OCH3 is 3. The number of nitro groups is 1. The number of fused-ring (bicyclic) bond motifs is 4. The first-order valence-electron chi connectivity index (χ1n) is 12.9. The fraction of sp³-hybridized carbons (Fsp3) is 0.290. The lowest BCUT2D eigenvalue weighted by molar-refractivity contribution is -0.385. The summed E-state index contributed by atoms with van der Waals surface area (Å²) >= 11 is 1.09. The van der Waals surface area contributed by atoms with E-state index in [1.807, 2.05) is 25.1 Å². The second-order valence-corrected chi connectivity index (χ2v) is 10.1. The molecule has 9 heteroatoms. The van der Waals surface area contributed by atoms with Crippen molar-refractivity contribution in [2.75, 3.05) is 27.9 Å². The van der Waals surface area contributed by atoms with Gasteiger partial charge in [0.1, 0.15) is 11.5 Å². The van der Waals surface area contributed by atoms with Crippen LogP contribution >= 0.6 is 12.0 Å². The molecule has 0 amide bonds. The van der Waals surface area contributed by atoms with Crippen molar-refractivity contribution in [1.29, 1.82) is 0 Å². The van der Waals surface area contributed by atoms with Crippen molar-refractivity contribution < 1.29 is 23.3 Å². The van der Waals surface area contributed by atoms with Crippen LogP contribution < -0.4 is 13.7 Å². The molecule has 2 aliphatic heterocycles. The lowest BCUT2D eigenvalue weighted by atomic mass is 9.84. The largest absolute Gasteiger partial charge is 0.497 e. The number of nitrogens with zero attached hydrogens (tertiary/aromatic N) is 2. The molecule has 0 saturated heterocycles. The van der Waals surface area contributed by atoms with Gasteiger partial charge in [0.2, 0.25) is 0 Å². The van der Waals surface area contributed by atoms with E-state index >= 15 is 0 Å². The molecular weight excluding hydrogens is 528 g/mol. The van der Waals surface area contributed by atoms with E-state index in [4.69, 9.17) is 18.4 Å². The topological polar surface area (TPSA) is 83.3 Å². The summed E-state index contributed by atoms with van der Waals surface area (Å²) in [6.45, 7) is 7.28. The third kappa shape index (κ3) is 6.60. The van der Waals surface area contributed by atoms with Crippen molar-refractivity contribution in [2.45, 2.75) is 37.2 Å². The maximum atomic E-state index is 11.1. The molecule has 0 aromatic heterocycles. The van der Waals surface area contributed by atoms with Crippen molar-refractivity contribution in [3.05, 3.63) is 111 Å². The molecule has 0 radical (unpaired) electrons. The van der Waals surface area contributed by atoms with E-state index in [1.54, 1.807) is 39.5 Å². The maximum absolute atomic E-state index is 11.1. The summed E-state index contributed by atoms with van der Waals surface area (Å²) in [5.41, 5.74) is 5.22. The lowest BCUT2D eigenvalue weighted by Gasteiger charge is -2.41. The third-order valence-corrected chi connectivity index (χ3v) is 7.78. The Morgan fingerprint density at radius 3 is 2.50 bits per heavy atom. The fourth-order valence-electron chi connectivity index (χ4n) is 4.99. The summed E-state index contributed by atoms with van der Waals surface area (Å²) in [4.78, 5) is 13.8. The minimum absolute atomic E-state index is 0.0358. The SMILES string of the molecule is C=C/C(=C\C)OC.COc1ccc2c(c1)CCN1Cc3cc(OC)c(OSc4cccc([N+](=O)[O-])c4)cc3CC21. The summed E-state index contributed by atoms with van der Waals surface area (Å²) in [5.74, 6) is 3.00. The molecule has 1 atom stereocenters. The highest BCUT2D eigenvalue weighted by Gasteiger charge is 2.33. The van der Waals surface area contributed by atoms with E-state index in [0.29, 0.717) is 22.4 Å². The summed E-state index contributed by atoms with van der Waals surface area (Å²) < 4.78 is 21.8. The fourth-order valence-corrected chi connectivity index (χ4v) is 5.61. The Bertz CT molecular complexity index is 1410. The lowest BCUT2D eigenvalue weighted by Crippen LogP contribution is -2.39. The normalized spacial score (nSPS) is 15.8. The molecule has 210 valence electrons. The van der Waals surface area contributed by atoms with Crippen LogP contribution in [0.1, 0.15) is 35.2 Å². The first-order valence-corrected chi connectivity index (χ1v) is 13.7. The van der Waals surface area contributed by atoms with Gasteiger partial charge in [0, 0.05) is 31.3 Å². The minimum Gasteiger partial charge on any atom is -0.497 e. The highest BCUT2D eigenvalue weighted by atomic mass is 32.2.